The van der Waals surface area contributed by atoms with E-state index >= 15 is 13.2 Å². The van der Waals surface area contributed by atoms with Crippen LogP contribution in [0.25, 0.3) is 0 Å². The van der Waals surface area contributed by atoms with E-state index in [1.165, 1.54) is 12.1 Å². The minimum Gasteiger partial charge on any atom is -0.239 e. The summed E-state index contributed by atoms with van der Waals surface area (Å²) in [6.07, 6.45) is 0. The molecule has 13 unspecified atom stereocenters. The molecule has 0 amide bonds. The average molecular weight is 688 g/mol. The molecule has 1 aromatic carbocycles. The third kappa shape index (κ3) is 5.35. The van der Waals surface area contributed by atoms with E-state index < -0.39 is 29.8 Å². The number of alkyl halides is 5. The van der Waals surface area contributed by atoms with E-state index in [0.717, 1.165) is 28.2 Å². The molecule has 0 bridgehead atoms. The minimum absolute atomic E-state index is 0.0338. The summed E-state index contributed by atoms with van der Waals surface area (Å²) >= 11 is 1.15. The molecule has 0 saturated carbocycles. The van der Waals surface area contributed by atoms with Crippen LogP contribution in [0.2, 0.25) is 0 Å². The summed E-state index contributed by atoms with van der Waals surface area (Å²) in [6, 6.07) is 6.50. The Labute approximate surface area is 222 Å². The van der Waals surface area contributed by atoms with Crippen LogP contribution in [0.1, 0.15) is 38.8 Å². The van der Waals surface area contributed by atoms with Gasteiger partial charge >= 0.3 is 0 Å². The maximum atomic E-state index is 16.3. The molecule has 178 valence electrons. The standard InChI is InChI=1S/C18H30B2F4IP7/c1-11(2,12(3,4)26)9-5-7-10(8-6-9)13(21,27)14(19,28)16(22,30)15(20,29)17(23,31)18(24,25)32/h5-8H,26-32H2,1-4H3. The molecule has 1 aromatic rings. The van der Waals surface area contributed by atoms with Gasteiger partial charge in [0.1, 0.15) is 5.41 Å². The van der Waals surface area contributed by atoms with Crippen LogP contribution in [0.15, 0.2) is 24.3 Å². The Kier molecular flexibility index (Phi) is 10.1. The lowest BCUT2D eigenvalue weighted by atomic mass is 9.63. The zero-order valence-electron chi connectivity index (χ0n) is 18.4. The quantitative estimate of drug-likeness (QED) is 0.102. The number of benzene rings is 1. The second-order valence-electron chi connectivity index (χ2n) is 9.42. The molecule has 0 aliphatic heterocycles. The van der Waals surface area contributed by atoms with Gasteiger partial charge in [-0.1, -0.05) is 88.9 Å². The van der Waals surface area contributed by atoms with Gasteiger partial charge in [-0.25, -0.2) is 17.6 Å². The third-order valence-electron chi connectivity index (χ3n) is 6.53. The predicted molar refractivity (Wildman–Crippen MR) is 167 cm³/mol. The highest BCUT2D eigenvalue weighted by atomic mass is 127. The molecule has 13 atom stereocenters. The van der Waals surface area contributed by atoms with E-state index in [0.29, 0.717) is 0 Å². The molecule has 0 aliphatic rings. The Balaban J connectivity index is 3.56. The van der Waals surface area contributed by atoms with Crippen molar-refractivity contribution in [2.75, 3.05) is 0 Å². The molecule has 32 heavy (non-hydrogen) atoms. The van der Waals surface area contributed by atoms with Gasteiger partial charge in [0.2, 0.25) is 3.42 Å². The Hall–Kier alpha value is 2.81. The molecule has 0 fully saturated rings. The highest BCUT2D eigenvalue weighted by molar-refractivity contribution is 14.1. The zero-order chi connectivity index (χ0) is 26.0. The molecule has 14 heteroatoms. The fraction of sp³-hybridized carbons (Fsp3) is 0.667. The second-order valence-corrected chi connectivity index (χ2v) is 18.6. The number of halogens is 5. The van der Waals surface area contributed by atoms with Gasteiger partial charge < -0.3 is 0 Å². The monoisotopic (exact) mass is 688 g/mol. The van der Waals surface area contributed by atoms with Crippen LogP contribution >= 0.6 is 87.3 Å². The lowest BCUT2D eigenvalue weighted by molar-refractivity contribution is 0.0716. The molecule has 0 spiro atoms. The average Bonchev–Trinajstić information content (AvgIpc) is 2.59. The number of hydrogen-bond donors (Lipinski definition) is 0. The minimum atomic E-state index is -3.07. The fourth-order valence-corrected chi connectivity index (χ4v) is 6.59. The summed E-state index contributed by atoms with van der Waals surface area (Å²) in [5, 5.41) is -14.1. The topological polar surface area (TPSA) is 0 Å². The first kappa shape index (κ1) is 32.8. The van der Waals surface area contributed by atoms with Gasteiger partial charge in [0.25, 0.3) is 0 Å². The van der Waals surface area contributed by atoms with Crippen LogP contribution in [0, 0.1) is 0 Å². The molecule has 0 N–H and O–H groups in total. The van der Waals surface area contributed by atoms with Gasteiger partial charge in [0.15, 0.2) is 10.8 Å². The van der Waals surface area contributed by atoms with Crippen LogP contribution in [-0.4, -0.2) is 45.2 Å². The van der Waals surface area contributed by atoms with Crippen molar-refractivity contribution in [3.05, 3.63) is 35.4 Å². The Morgan fingerprint density at radius 2 is 1.00 bits per heavy atom. The Bertz CT molecular complexity index is 833. The van der Waals surface area contributed by atoms with Gasteiger partial charge in [0.05, 0.1) is 15.7 Å². The number of rotatable bonds is 8. The smallest absolute Gasteiger partial charge is 0.210 e. The lowest BCUT2D eigenvalue weighted by Gasteiger charge is -2.57. The van der Waals surface area contributed by atoms with Crippen LogP contribution in [-0.2, 0) is 10.8 Å². The van der Waals surface area contributed by atoms with E-state index in [-0.39, 0.29) is 16.1 Å². The summed E-state index contributed by atoms with van der Waals surface area (Å²) in [5.74, 6) is 0. The fourth-order valence-electron chi connectivity index (χ4n) is 2.89. The van der Waals surface area contributed by atoms with Gasteiger partial charge in [-0.15, -0.1) is 27.7 Å². The summed E-state index contributed by atoms with van der Waals surface area (Å²) in [4.78, 5) is 0. The van der Waals surface area contributed by atoms with E-state index in [4.69, 9.17) is 15.7 Å². The molecule has 0 nitrogen and oxygen atoms in total. The Morgan fingerprint density at radius 3 is 1.31 bits per heavy atom. The van der Waals surface area contributed by atoms with Crippen LogP contribution < -0.4 is 0 Å². The van der Waals surface area contributed by atoms with Crippen molar-refractivity contribution in [3.63, 3.8) is 0 Å². The predicted octanol–water partition coefficient (Wildman–Crippen LogP) is 6.11. The normalized spacial score (nSPS) is 24.8. The number of hydrogen-bond acceptors (Lipinski definition) is 0. The summed E-state index contributed by atoms with van der Waals surface area (Å²) in [7, 11) is 25.5. The Morgan fingerprint density at radius 1 is 0.656 bits per heavy atom. The van der Waals surface area contributed by atoms with Gasteiger partial charge in [-0.3, -0.25) is 0 Å². The van der Waals surface area contributed by atoms with Crippen molar-refractivity contribution in [2.24, 2.45) is 0 Å². The largest absolute Gasteiger partial charge is 0.239 e. The molecule has 0 aromatic heterocycles. The molecular weight excluding hydrogens is 658 g/mol. The van der Waals surface area contributed by atoms with Crippen molar-refractivity contribution < 1.29 is 17.6 Å². The van der Waals surface area contributed by atoms with Crippen LogP contribution in [0.4, 0.5) is 17.6 Å². The molecular formula is C18H30B2F4IP7. The van der Waals surface area contributed by atoms with E-state index in [2.05, 4.69) is 36.9 Å². The van der Waals surface area contributed by atoms with Gasteiger partial charge in [0, 0.05) is 10.1 Å². The maximum absolute atomic E-state index is 16.3. The molecule has 0 saturated heterocycles. The summed E-state index contributed by atoms with van der Waals surface area (Å²) < 4.78 is 59.8. The SMILES string of the molecule is [B]C(P)(C(F)(P)c1ccc(C(C)(C)C(C)(C)P)cc1)C(F)(P)C([B])(P)C(F)(P)C(F)(P)I. The highest BCUT2D eigenvalue weighted by Crippen LogP contribution is 2.67. The van der Waals surface area contributed by atoms with Gasteiger partial charge in [-0.2, -0.15) is 0 Å². The first-order chi connectivity index (χ1) is 13.7. The maximum Gasteiger partial charge on any atom is 0.210 e. The summed E-state index contributed by atoms with van der Waals surface area (Å²) in [5.41, 5.74) is 0.698. The molecule has 0 aliphatic carbocycles. The van der Waals surface area contributed by atoms with E-state index in [1.54, 1.807) is 49.1 Å². The van der Waals surface area contributed by atoms with Crippen molar-refractivity contribution in [1.29, 1.82) is 0 Å². The molecule has 1 rings (SSSR count). The van der Waals surface area contributed by atoms with Crippen LogP contribution in [0.5, 0.6) is 0 Å². The first-order valence-electron chi connectivity index (χ1n) is 9.36. The van der Waals surface area contributed by atoms with E-state index in [9.17, 15) is 4.39 Å². The zero-order valence-corrected chi connectivity index (χ0v) is 28.6. The molecule has 0 heterocycles. The first-order valence-corrected chi connectivity index (χ1v) is 14.5. The third-order valence-corrected chi connectivity index (χ3v) is 15.1. The lowest BCUT2D eigenvalue weighted by Crippen LogP contribution is -2.69. The summed E-state index contributed by atoms with van der Waals surface area (Å²) in [6.45, 7) is 8.25. The van der Waals surface area contributed by atoms with Crippen molar-refractivity contribution in [2.45, 2.75) is 68.0 Å². The van der Waals surface area contributed by atoms with Crippen LogP contribution in [0.3, 0.4) is 0 Å². The highest BCUT2D eigenvalue weighted by Gasteiger charge is 2.70. The van der Waals surface area contributed by atoms with Crippen molar-refractivity contribution >= 4 is 103 Å². The van der Waals surface area contributed by atoms with Gasteiger partial charge in [-0.05, 0) is 44.3 Å². The molecule has 4 radical (unpaired) electrons. The van der Waals surface area contributed by atoms with Crippen molar-refractivity contribution in [1.82, 2.24) is 0 Å². The van der Waals surface area contributed by atoms with E-state index in [1.807, 2.05) is 18.5 Å². The second kappa shape index (κ2) is 9.84. The van der Waals surface area contributed by atoms with Crippen molar-refractivity contribution in [3.8, 4) is 0 Å².